The molecular weight excluding hydrogens is 331 g/mol. The molecule has 0 saturated carbocycles. The number of nitrogens with one attached hydrogen (secondary N) is 1. The van der Waals surface area contributed by atoms with E-state index in [4.69, 9.17) is 5.26 Å². The lowest BCUT2D eigenvalue weighted by Gasteiger charge is -2.04. The van der Waals surface area contributed by atoms with E-state index in [0.717, 1.165) is 17.8 Å². The maximum Gasteiger partial charge on any atom is 0.100 e. The van der Waals surface area contributed by atoms with E-state index in [9.17, 15) is 0 Å². The highest BCUT2D eigenvalue weighted by atomic mass is 127. The fourth-order valence-electron chi connectivity index (χ4n) is 1.29. The Balaban J connectivity index is 1.97. The molecule has 0 amide bonds. The van der Waals surface area contributed by atoms with Crippen LogP contribution in [0.15, 0.2) is 35.7 Å². The third-order valence-electron chi connectivity index (χ3n) is 2.09. The highest BCUT2D eigenvalue weighted by Crippen LogP contribution is 2.17. The number of hydrogen-bond acceptors (Lipinski definition) is 3. The zero-order valence-electron chi connectivity index (χ0n) is 8.40. The Kier molecular flexibility index (Phi) is 3.80. The lowest BCUT2D eigenvalue weighted by Crippen LogP contribution is -1.96. The molecule has 16 heavy (non-hydrogen) atoms. The molecule has 0 aliphatic carbocycles. The number of anilines is 1. The second-order valence-corrected chi connectivity index (χ2v) is 5.52. The Bertz CT molecular complexity index is 511. The maximum absolute atomic E-state index is 8.70. The molecule has 0 aliphatic rings. The van der Waals surface area contributed by atoms with Crippen LogP contribution in [0.4, 0.5) is 5.69 Å². The molecule has 4 heteroatoms. The summed E-state index contributed by atoms with van der Waals surface area (Å²) in [5.41, 5.74) is 1.84. The average molecular weight is 340 g/mol. The van der Waals surface area contributed by atoms with Crippen molar-refractivity contribution in [2.45, 2.75) is 6.54 Å². The molecule has 1 heterocycles. The molecule has 2 nitrogen and oxygen atoms in total. The first-order chi connectivity index (χ1) is 7.78. The van der Waals surface area contributed by atoms with Gasteiger partial charge in [-0.25, -0.2) is 0 Å². The van der Waals surface area contributed by atoms with Crippen LogP contribution in [0.3, 0.4) is 0 Å². The van der Waals surface area contributed by atoms with Gasteiger partial charge >= 0.3 is 0 Å². The zero-order chi connectivity index (χ0) is 11.4. The van der Waals surface area contributed by atoms with E-state index in [1.807, 2.05) is 11.4 Å². The van der Waals surface area contributed by atoms with Crippen molar-refractivity contribution in [3.63, 3.8) is 0 Å². The Morgan fingerprint density at radius 2 is 2.06 bits per heavy atom. The van der Waals surface area contributed by atoms with Crippen molar-refractivity contribution in [1.29, 1.82) is 5.26 Å². The molecule has 80 valence electrons. The molecule has 2 rings (SSSR count). The van der Waals surface area contributed by atoms with Crippen LogP contribution in [-0.4, -0.2) is 0 Å². The van der Waals surface area contributed by atoms with Gasteiger partial charge < -0.3 is 5.32 Å². The Hall–Kier alpha value is -1.06. The number of thiophene rings is 1. The smallest absolute Gasteiger partial charge is 0.100 e. The highest BCUT2D eigenvalue weighted by molar-refractivity contribution is 14.1. The van der Waals surface area contributed by atoms with Crippen molar-refractivity contribution in [2.24, 2.45) is 0 Å². The van der Waals surface area contributed by atoms with Crippen molar-refractivity contribution in [2.75, 3.05) is 5.32 Å². The van der Waals surface area contributed by atoms with E-state index in [-0.39, 0.29) is 0 Å². The number of benzene rings is 1. The quantitative estimate of drug-likeness (QED) is 0.862. The van der Waals surface area contributed by atoms with Gasteiger partial charge in [-0.15, -0.1) is 11.3 Å². The molecule has 0 atom stereocenters. The van der Waals surface area contributed by atoms with E-state index in [2.05, 4.69) is 58.2 Å². The monoisotopic (exact) mass is 340 g/mol. The van der Waals surface area contributed by atoms with Gasteiger partial charge in [0.2, 0.25) is 0 Å². The third kappa shape index (κ3) is 2.97. The largest absolute Gasteiger partial charge is 0.380 e. The van der Waals surface area contributed by atoms with Crippen molar-refractivity contribution >= 4 is 39.6 Å². The van der Waals surface area contributed by atoms with Crippen LogP contribution in [-0.2, 0) is 6.54 Å². The fraction of sp³-hybridized carbons (Fsp3) is 0.0833. The molecule has 0 saturated heterocycles. The minimum Gasteiger partial charge on any atom is -0.380 e. The Morgan fingerprint density at radius 3 is 2.69 bits per heavy atom. The van der Waals surface area contributed by atoms with Gasteiger partial charge in [-0.05, 0) is 52.9 Å². The standard InChI is InChI=1S/C12H9IN2S/c13-10-1-3-11(4-2-10)15-7-12-5-9(6-14)8-16-12/h1-5,8,15H,7H2. The first-order valence-corrected chi connectivity index (χ1v) is 6.71. The number of hydrogen-bond donors (Lipinski definition) is 1. The van der Waals surface area contributed by atoms with E-state index >= 15 is 0 Å². The summed E-state index contributed by atoms with van der Waals surface area (Å²) >= 11 is 3.89. The van der Waals surface area contributed by atoms with Crippen molar-refractivity contribution in [3.8, 4) is 6.07 Å². The number of rotatable bonds is 3. The van der Waals surface area contributed by atoms with Crippen molar-refractivity contribution in [1.82, 2.24) is 0 Å². The summed E-state index contributed by atoms with van der Waals surface area (Å²) in [5, 5.41) is 13.9. The molecule has 0 unspecified atom stereocenters. The minimum atomic E-state index is 0.740. The van der Waals surface area contributed by atoms with Crippen LogP contribution in [0.25, 0.3) is 0 Å². The summed E-state index contributed by atoms with van der Waals surface area (Å²) in [7, 11) is 0. The van der Waals surface area contributed by atoms with Crippen LogP contribution in [0.1, 0.15) is 10.4 Å². The number of nitriles is 1. The van der Waals surface area contributed by atoms with Gasteiger partial charge in [-0.3, -0.25) is 0 Å². The average Bonchev–Trinajstić information content (AvgIpc) is 2.76. The van der Waals surface area contributed by atoms with Gasteiger partial charge in [0, 0.05) is 26.1 Å². The molecule has 0 bridgehead atoms. The summed E-state index contributed by atoms with van der Waals surface area (Å²) in [6.45, 7) is 0.771. The molecule has 1 N–H and O–H groups in total. The summed E-state index contributed by atoms with van der Waals surface area (Å²) in [6, 6.07) is 12.3. The first kappa shape index (κ1) is 11.4. The van der Waals surface area contributed by atoms with Crippen LogP contribution in [0.5, 0.6) is 0 Å². The fourth-order valence-corrected chi connectivity index (χ4v) is 2.40. The van der Waals surface area contributed by atoms with Crippen molar-refractivity contribution < 1.29 is 0 Å². The number of nitrogens with zero attached hydrogens (tertiary/aromatic N) is 1. The summed E-state index contributed by atoms with van der Waals surface area (Å²) in [4.78, 5) is 1.18. The van der Waals surface area contributed by atoms with Gasteiger partial charge in [0.05, 0.1) is 5.56 Å². The van der Waals surface area contributed by atoms with Gasteiger partial charge in [0.1, 0.15) is 6.07 Å². The number of halogens is 1. The van der Waals surface area contributed by atoms with Gasteiger partial charge in [-0.1, -0.05) is 0 Å². The predicted molar refractivity (Wildman–Crippen MR) is 75.5 cm³/mol. The lowest BCUT2D eigenvalue weighted by atomic mass is 10.3. The Morgan fingerprint density at radius 1 is 1.31 bits per heavy atom. The summed E-state index contributed by atoms with van der Waals surface area (Å²) in [6.07, 6.45) is 0. The highest BCUT2D eigenvalue weighted by Gasteiger charge is 1.98. The molecular formula is C12H9IN2S. The third-order valence-corrected chi connectivity index (χ3v) is 3.75. The molecule has 0 fully saturated rings. The maximum atomic E-state index is 8.70. The Labute approximate surface area is 112 Å². The van der Waals surface area contributed by atoms with Crippen LogP contribution in [0.2, 0.25) is 0 Å². The molecule has 1 aromatic heterocycles. The molecule has 2 aromatic rings. The molecule has 0 aliphatic heterocycles. The van der Waals surface area contributed by atoms with Gasteiger partial charge in [0.15, 0.2) is 0 Å². The normalized spacial score (nSPS) is 9.75. The topological polar surface area (TPSA) is 35.8 Å². The van der Waals surface area contributed by atoms with E-state index < -0.39 is 0 Å². The van der Waals surface area contributed by atoms with Crippen LogP contribution in [0, 0.1) is 14.9 Å². The van der Waals surface area contributed by atoms with Crippen molar-refractivity contribution in [3.05, 3.63) is 49.7 Å². The molecule has 0 spiro atoms. The molecule has 1 aromatic carbocycles. The second kappa shape index (κ2) is 5.32. The lowest BCUT2D eigenvalue weighted by molar-refractivity contribution is 1.19. The zero-order valence-corrected chi connectivity index (χ0v) is 11.4. The van der Waals surface area contributed by atoms with E-state index in [1.54, 1.807) is 11.3 Å². The molecule has 0 radical (unpaired) electrons. The van der Waals surface area contributed by atoms with E-state index in [1.165, 1.54) is 8.45 Å². The predicted octanol–water partition coefficient (Wildman–Crippen LogP) is 3.84. The van der Waals surface area contributed by atoms with Gasteiger partial charge in [0.25, 0.3) is 0 Å². The summed E-state index contributed by atoms with van der Waals surface area (Å²) in [5.74, 6) is 0. The van der Waals surface area contributed by atoms with E-state index in [0.29, 0.717) is 0 Å². The van der Waals surface area contributed by atoms with Crippen LogP contribution < -0.4 is 5.32 Å². The van der Waals surface area contributed by atoms with Crippen LogP contribution >= 0.6 is 33.9 Å². The second-order valence-electron chi connectivity index (χ2n) is 3.27. The SMILES string of the molecule is N#Cc1csc(CNc2ccc(I)cc2)c1. The summed E-state index contributed by atoms with van der Waals surface area (Å²) < 4.78 is 1.23. The minimum absolute atomic E-state index is 0.740. The van der Waals surface area contributed by atoms with Gasteiger partial charge in [-0.2, -0.15) is 5.26 Å². The first-order valence-electron chi connectivity index (χ1n) is 4.75.